The minimum Gasteiger partial charge on any atom is -0.366 e. The monoisotopic (exact) mass is 294 g/mol. The predicted octanol–water partition coefficient (Wildman–Crippen LogP) is -0.207. The number of rotatable bonds is 4. The molecule has 7 heteroatoms. The van der Waals surface area contributed by atoms with E-state index in [1.807, 2.05) is 0 Å². The van der Waals surface area contributed by atoms with Crippen LogP contribution in [0.1, 0.15) is 10.4 Å². The van der Waals surface area contributed by atoms with Gasteiger partial charge in [-0.3, -0.25) is 9.59 Å². The first-order chi connectivity index (χ1) is 9.99. The van der Waals surface area contributed by atoms with E-state index < -0.39 is 11.7 Å². The van der Waals surface area contributed by atoms with Crippen LogP contribution in [0.25, 0.3) is 0 Å². The number of nitrogens with two attached hydrogens (primary N) is 1. The number of halogens is 1. The molecular formula is C14H19FN4O2. The zero-order valence-corrected chi connectivity index (χ0v) is 11.9. The fourth-order valence-electron chi connectivity index (χ4n) is 2.27. The smallest absolute Gasteiger partial charge is 0.248 e. The minimum atomic E-state index is -0.681. The van der Waals surface area contributed by atoms with Gasteiger partial charge in [-0.15, -0.1) is 0 Å². The largest absolute Gasteiger partial charge is 0.366 e. The van der Waals surface area contributed by atoms with Gasteiger partial charge in [-0.1, -0.05) is 0 Å². The van der Waals surface area contributed by atoms with E-state index in [1.165, 1.54) is 17.0 Å². The topological polar surface area (TPSA) is 78.7 Å². The van der Waals surface area contributed by atoms with Gasteiger partial charge in [-0.05, 0) is 18.2 Å². The highest BCUT2D eigenvalue weighted by atomic mass is 19.1. The van der Waals surface area contributed by atoms with Crippen molar-refractivity contribution in [2.24, 2.45) is 5.73 Å². The maximum absolute atomic E-state index is 14.0. The number of primary amides is 1. The molecule has 0 saturated carbocycles. The summed E-state index contributed by atoms with van der Waals surface area (Å²) in [7, 11) is 1.64. The van der Waals surface area contributed by atoms with E-state index in [9.17, 15) is 14.0 Å². The van der Waals surface area contributed by atoms with Gasteiger partial charge >= 0.3 is 0 Å². The fourth-order valence-corrected chi connectivity index (χ4v) is 2.27. The number of amides is 2. The van der Waals surface area contributed by atoms with Crippen molar-refractivity contribution >= 4 is 17.5 Å². The molecule has 1 aliphatic rings. The van der Waals surface area contributed by atoms with Crippen LogP contribution in [0.3, 0.4) is 0 Å². The number of hydrogen-bond acceptors (Lipinski definition) is 4. The highest BCUT2D eigenvalue weighted by molar-refractivity contribution is 5.93. The molecule has 1 fully saturated rings. The van der Waals surface area contributed by atoms with Crippen molar-refractivity contribution in [3.8, 4) is 0 Å². The van der Waals surface area contributed by atoms with Crippen LogP contribution in [0.15, 0.2) is 18.2 Å². The Hall–Kier alpha value is -2.15. The standard InChI is InChI=1S/C14H19FN4O2/c1-18(9-13(20)19-6-4-17-5-7-19)12-3-2-10(14(16)21)8-11(12)15/h2-3,8,17H,4-7,9H2,1H3,(H2,16,21). The van der Waals surface area contributed by atoms with Gasteiger partial charge in [0.2, 0.25) is 11.8 Å². The van der Waals surface area contributed by atoms with Gasteiger partial charge in [0.05, 0.1) is 12.2 Å². The third-order valence-electron chi connectivity index (χ3n) is 3.49. The van der Waals surface area contributed by atoms with Crippen LogP contribution in [0.2, 0.25) is 0 Å². The maximum Gasteiger partial charge on any atom is 0.248 e. The van der Waals surface area contributed by atoms with Crippen LogP contribution >= 0.6 is 0 Å². The van der Waals surface area contributed by atoms with E-state index in [2.05, 4.69) is 5.32 Å². The molecule has 0 spiro atoms. The molecule has 1 aromatic carbocycles. The van der Waals surface area contributed by atoms with Crippen molar-refractivity contribution in [2.45, 2.75) is 0 Å². The van der Waals surface area contributed by atoms with E-state index in [0.717, 1.165) is 19.2 Å². The summed E-state index contributed by atoms with van der Waals surface area (Å²) >= 11 is 0. The third-order valence-corrected chi connectivity index (χ3v) is 3.49. The van der Waals surface area contributed by atoms with Crippen LogP contribution in [0, 0.1) is 5.82 Å². The van der Waals surface area contributed by atoms with Crippen molar-refractivity contribution in [2.75, 3.05) is 44.7 Å². The van der Waals surface area contributed by atoms with Gasteiger partial charge in [0.15, 0.2) is 0 Å². The Morgan fingerprint density at radius 1 is 1.38 bits per heavy atom. The number of anilines is 1. The Kier molecular flexibility index (Phi) is 4.74. The lowest BCUT2D eigenvalue weighted by Gasteiger charge is -2.30. The Labute approximate surface area is 122 Å². The molecule has 6 nitrogen and oxygen atoms in total. The zero-order valence-electron chi connectivity index (χ0n) is 11.9. The van der Waals surface area contributed by atoms with Crippen LogP contribution < -0.4 is 16.0 Å². The van der Waals surface area contributed by atoms with Gasteiger partial charge in [-0.2, -0.15) is 0 Å². The van der Waals surface area contributed by atoms with Crippen LogP contribution in [0.5, 0.6) is 0 Å². The maximum atomic E-state index is 14.0. The average molecular weight is 294 g/mol. The first kappa shape index (κ1) is 15.2. The molecular weight excluding hydrogens is 275 g/mol. The molecule has 1 aliphatic heterocycles. The lowest BCUT2D eigenvalue weighted by atomic mass is 10.1. The van der Waals surface area contributed by atoms with E-state index in [1.54, 1.807) is 11.9 Å². The second-order valence-electron chi connectivity index (χ2n) is 5.02. The number of carbonyl (C=O) groups excluding carboxylic acids is 2. The highest BCUT2D eigenvalue weighted by Gasteiger charge is 2.19. The molecule has 0 aliphatic carbocycles. The quantitative estimate of drug-likeness (QED) is 0.805. The van der Waals surface area contributed by atoms with Crippen LogP contribution in [-0.2, 0) is 4.79 Å². The molecule has 1 heterocycles. The first-order valence-corrected chi connectivity index (χ1v) is 6.78. The average Bonchev–Trinajstić information content (AvgIpc) is 2.47. The van der Waals surface area contributed by atoms with Gasteiger partial charge in [0.25, 0.3) is 0 Å². The van der Waals surface area contributed by atoms with Crippen molar-refractivity contribution in [3.05, 3.63) is 29.6 Å². The van der Waals surface area contributed by atoms with Crippen molar-refractivity contribution < 1.29 is 14.0 Å². The molecule has 2 rings (SSSR count). The summed E-state index contributed by atoms with van der Waals surface area (Å²) in [4.78, 5) is 26.4. The molecule has 0 aromatic heterocycles. The van der Waals surface area contributed by atoms with Crippen molar-refractivity contribution in [1.82, 2.24) is 10.2 Å². The first-order valence-electron chi connectivity index (χ1n) is 6.78. The van der Waals surface area contributed by atoms with Gasteiger partial charge in [0, 0.05) is 38.8 Å². The summed E-state index contributed by atoms with van der Waals surface area (Å²) in [5, 5.41) is 3.17. The lowest BCUT2D eigenvalue weighted by molar-refractivity contribution is -0.130. The van der Waals surface area contributed by atoms with Crippen LogP contribution in [-0.4, -0.2) is 56.5 Å². The van der Waals surface area contributed by atoms with Crippen molar-refractivity contribution in [1.29, 1.82) is 0 Å². The molecule has 2 amide bonds. The minimum absolute atomic E-state index is 0.0441. The summed E-state index contributed by atoms with van der Waals surface area (Å²) in [6.45, 7) is 2.96. The molecule has 0 atom stereocenters. The van der Waals surface area contributed by atoms with Gasteiger partial charge in [0.1, 0.15) is 5.82 Å². The van der Waals surface area contributed by atoms with Gasteiger partial charge < -0.3 is 20.9 Å². The molecule has 1 aromatic rings. The molecule has 3 N–H and O–H groups in total. The Morgan fingerprint density at radius 3 is 2.62 bits per heavy atom. The molecule has 0 unspecified atom stereocenters. The predicted molar refractivity (Wildman–Crippen MR) is 77.6 cm³/mol. The zero-order chi connectivity index (χ0) is 15.4. The van der Waals surface area contributed by atoms with E-state index in [0.29, 0.717) is 13.1 Å². The number of likely N-dealkylation sites (N-methyl/N-ethyl adjacent to an activating group) is 1. The SMILES string of the molecule is CN(CC(=O)N1CCNCC1)c1ccc(C(N)=O)cc1F. The summed E-state index contributed by atoms with van der Waals surface area (Å²) in [6.07, 6.45) is 0. The number of hydrogen-bond donors (Lipinski definition) is 2. The second kappa shape index (κ2) is 6.53. The fraction of sp³-hybridized carbons (Fsp3) is 0.429. The number of carbonyl (C=O) groups is 2. The third kappa shape index (κ3) is 3.69. The number of piperazine rings is 1. The summed E-state index contributed by atoms with van der Waals surface area (Å²) in [6, 6.07) is 4.00. The van der Waals surface area contributed by atoms with E-state index in [-0.39, 0.29) is 23.7 Å². The molecule has 114 valence electrons. The summed E-state index contributed by atoms with van der Waals surface area (Å²) in [5.74, 6) is -1.29. The van der Waals surface area contributed by atoms with E-state index in [4.69, 9.17) is 5.73 Å². The van der Waals surface area contributed by atoms with Crippen LogP contribution in [0.4, 0.5) is 10.1 Å². The van der Waals surface area contributed by atoms with Crippen molar-refractivity contribution in [3.63, 3.8) is 0 Å². The Balaban J connectivity index is 2.04. The number of benzene rings is 1. The summed E-state index contributed by atoms with van der Waals surface area (Å²) < 4.78 is 14.0. The molecule has 0 bridgehead atoms. The highest BCUT2D eigenvalue weighted by Crippen LogP contribution is 2.19. The number of nitrogens with zero attached hydrogens (tertiary/aromatic N) is 2. The summed E-state index contributed by atoms with van der Waals surface area (Å²) in [5.41, 5.74) is 5.48. The molecule has 0 radical (unpaired) electrons. The van der Waals surface area contributed by atoms with E-state index >= 15 is 0 Å². The molecule has 1 saturated heterocycles. The Morgan fingerprint density at radius 2 is 2.05 bits per heavy atom. The number of nitrogens with one attached hydrogen (secondary N) is 1. The lowest BCUT2D eigenvalue weighted by Crippen LogP contribution is -2.49. The Bertz CT molecular complexity index is 544. The molecule has 21 heavy (non-hydrogen) atoms. The normalized spacial score (nSPS) is 14.9. The second-order valence-corrected chi connectivity index (χ2v) is 5.02. The van der Waals surface area contributed by atoms with Gasteiger partial charge in [-0.25, -0.2) is 4.39 Å².